The molecule has 1 saturated heterocycles. The van der Waals surface area contributed by atoms with E-state index >= 15 is 0 Å². The van der Waals surface area contributed by atoms with Crippen LogP contribution in [0.4, 0.5) is 0 Å². The second-order valence-electron chi connectivity index (χ2n) is 5.66. The third-order valence-electron chi connectivity index (χ3n) is 3.77. The summed E-state index contributed by atoms with van der Waals surface area (Å²) >= 11 is 0. The number of ether oxygens (including phenoxy) is 2. The van der Waals surface area contributed by atoms with Crippen LogP contribution in [0.5, 0.6) is 11.5 Å². The van der Waals surface area contributed by atoms with Crippen LogP contribution < -0.4 is 9.47 Å². The van der Waals surface area contributed by atoms with Gasteiger partial charge in [0.15, 0.2) is 11.5 Å². The van der Waals surface area contributed by atoms with Crippen LogP contribution in [-0.4, -0.2) is 49.5 Å². The first kappa shape index (κ1) is 15.1. The van der Waals surface area contributed by atoms with Crippen LogP contribution >= 0.6 is 0 Å². The predicted octanol–water partition coefficient (Wildman–Crippen LogP) is 2.26. The van der Waals surface area contributed by atoms with Crippen molar-refractivity contribution >= 4 is 0 Å². The monoisotopic (exact) mass is 279 g/mol. The number of β-amino-alcohol motifs (C(OH)–C–C–N with tert-alkyl or cyclic N) is 1. The first-order valence-corrected chi connectivity index (χ1v) is 7.31. The van der Waals surface area contributed by atoms with Gasteiger partial charge in [-0.3, -0.25) is 4.90 Å². The Morgan fingerprint density at radius 2 is 2.15 bits per heavy atom. The zero-order chi connectivity index (χ0) is 14.5. The number of aliphatic hydroxyl groups excluding tert-OH is 1. The van der Waals surface area contributed by atoms with Crippen molar-refractivity contribution in [1.29, 1.82) is 0 Å². The van der Waals surface area contributed by atoms with E-state index in [1.54, 1.807) is 7.11 Å². The highest BCUT2D eigenvalue weighted by Crippen LogP contribution is 2.30. The Bertz CT molecular complexity index is 434. The lowest BCUT2D eigenvalue weighted by atomic mass is 10.0. The number of benzene rings is 1. The van der Waals surface area contributed by atoms with Gasteiger partial charge in [0.2, 0.25) is 0 Å². The molecule has 1 aromatic rings. The lowest BCUT2D eigenvalue weighted by Gasteiger charge is -2.17. The number of rotatable bonds is 6. The van der Waals surface area contributed by atoms with Gasteiger partial charge in [-0.1, -0.05) is 19.9 Å². The molecule has 1 aliphatic rings. The second kappa shape index (κ2) is 6.95. The minimum absolute atomic E-state index is 0.171. The summed E-state index contributed by atoms with van der Waals surface area (Å²) in [6.07, 6.45) is 0.696. The first-order valence-electron chi connectivity index (χ1n) is 7.31. The van der Waals surface area contributed by atoms with Crippen molar-refractivity contribution < 1.29 is 14.6 Å². The number of hydrogen-bond donors (Lipinski definition) is 1. The van der Waals surface area contributed by atoms with Crippen LogP contribution in [0.3, 0.4) is 0 Å². The zero-order valence-corrected chi connectivity index (χ0v) is 12.6. The van der Waals surface area contributed by atoms with Crippen molar-refractivity contribution in [3.05, 3.63) is 23.8 Å². The molecular weight excluding hydrogens is 254 g/mol. The molecule has 4 nitrogen and oxygen atoms in total. The van der Waals surface area contributed by atoms with Gasteiger partial charge in [-0.05, 0) is 30.0 Å². The van der Waals surface area contributed by atoms with Gasteiger partial charge in [0.25, 0.3) is 0 Å². The van der Waals surface area contributed by atoms with E-state index in [0.717, 1.165) is 37.6 Å². The molecule has 1 fully saturated rings. The number of methoxy groups -OCH3 is 1. The number of hydrogen-bond acceptors (Lipinski definition) is 4. The maximum Gasteiger partial charge on any atom is 0.161 e. The standard InChI is InChI=1S/C16H25NO3/c1-12(2)13-4-5-15(16(10-13)19-3)20-9-8-17-7-6-14(18)11-17/h4-5,10,12,14,18H,6-9,11H2,1-3H3. The predicted molar refractivity (Wildman–Crippen MR) is 79.6 cm³/mol. The van der Waals surface area contributed by atoms with Crippen molar-refractivity contribution in [3.8, 4) is 11.5 Å². The topological polar surface area (TPSA) is 41.9 Å². The minimum atomic E-state index is -0.171. The van der Waals surface area contributed by atoms with Crippen molar-refractivity contribution in [2.24, 2.45) is 0 Å². The highest BCUT2D eigenvalue weighted by atomic mass is 16.5. The summed E-state index contributed by atoms with van der Waals surface area (Å²) in [5.41, 5.74) is 1.25. The van der Waals surface area contributed by atoms with Crippen LogP contribution in [-0.2, 0) is 0 Å². The summed E-state index contributed by atoms with van der Waals surface area (Å²) in [5, 5.41) is 9.48. The number of nitrogens with zero attached hydrogens (tertiary/aromatic N) is 1. The molecule has 20 heavy (non-hydrogen) atoms. The Kier molecular flexibility index (Phi) is 5.26. The summed E-state index contributed by atoms with van der Waals surface area (Å²) in [6, 6.07) is 6.11. The van der Waals surface area contributed by atoms with E-state index in [1.165, 1.54) is 5.56 Å². The van der Waals surface area contributed by atoms with Gasteiger partial charge >= 0.3 is 0 Å². The van der Waals surface area contributed by atoms with Gasteiger partial charge < -0.3 is 14.6 Å². The van der Waals surface area contributed by atoms with Gasteiger partial charge in [-0.25, -0.2) is 0 Å². The largest absolute Gasteiger partial charge is 0.493 e. The van der Waals surface area contributed by atoms with Gasteiger partial charge in [-0.2, -0.15) is 0 Å². The molecule has 0 aromatic heterocycles. The number of aliphatic hydroxyl groups is 1. The summed E-state index contributed by atoms with van der Waals surface area (Å²) in [4.78, 5) is 2.22. The summed E-state index contributed by atoms with van der Waals surface area (Å²) in [5.74, 6) is 2.05. The maximum absolute atomic E-state index is 9.48. The molecule has 0 amide bonds. The van der Waals surface area contributed by atoms with Crippen LogP contribution in [0.2, 0.25) is 0 Å². The molecule has 1 aromatic carbocycles. The molecule has 1 unspecified atom stereocenters. The Morgan fingerprint density at radius 1 is 1.35 bits per heavy atom. The van der Waals surface area contributed by atoms with Gasteiger partial charge in [0.1, 0.15) is 6.61 Å². The van der Waals surface area contributed by atoms with Crippen molar-refractivity contribution in [2.75, 3.05) is 33.4 Å². The van der Waals surface area contributed by atoms with E-state index in [2.05, 4.69) is 24.8 Å². The van der Waals surface area contributed by atoms with Gasteiger partial charge in [0, 0.05) is 19.6 Å². The van der Waals surface area contributed by atoms with E-state index in [1.807, 2.05) is 12.1 Å². The molecule has 112 valence electrons. The molecule has 0 saturated carbocycles. The van der Waals surface area contributed by atoms with Crippen molar-refractivity contribution in [2.45, 2.75) is 32.3 Å². The highest BCUT2D eigenvalue weighted by molar-refractivity contribution is 5.43. The normalized spacial score (nSPS) is 19.6. The van der Waals surface area contributed by atoms with Crippen molar-refractivity contribution in [1.82, 2.24) is 4.90 Å². The molecule has 1 N–H and O–H groups in total. The summed E-state index contributed by atoms with van der Waals surface area (Å²) < 4.78 is 11.2. The van der Waals surface area contributed by atoms with E-state index in [-0.39, 0.29) is 6.10 Å². The summed E-state index contributed by atoms with van der Waals surface area (Å²) in [7, 11) is 1.67. The van der Waals surface area contributed by atoms with Crippen LogP contribution in [0, 0.1) is 0 Å². The number of likely N-dealkylation sites (tertiary alicyclic amines) is 1. The Labute approximate surface area is 121 Å². The smallest absolute Gasteiger partial charge is 0.161 e. The van der Waals surface area contributed by atoms with Crippen LogP contribution in [0.15, 0.2) is 18.2 Å². The van der Waals surface area contributed by atoms with E-state index < -0.39 is 0 Å². The second-order valence-corrected chi connectivity index (χ2v) is 5.66. The van der Waals surface area contributed by atoms with Crippen LogP contribution in [0.25, 0.3) is 0 Å². The third-order valence-corrected chi connectivity index (χ3v) is 3.77. The van der Waals surface area contributed by atoms with Crippen molar-refractivity contribution in [3.63, 3.8) is 0 Å². The van der Waals surface area contributed by atoms with Gasteiger partial charge in [0.05, 0.1) is 13.2 Å². The molecule has 0 aliphatic carbocycles. The van der Waals surface area contributed by atoms with Gasteiger partial charge in [-0.15, -0.1) is 0 Å². The Balaban J connectivity index is 1.88. The molecule has 0 bridgehead atoms. The van der Waals surface area contributed by atoms with E-state index in [9.17, 15) is 5.11 Å². The molecule has 1 atom stereocenters. The fraction of sp³-hybridized carbons (Fsp3) is 0.625. The fourth-order valence-corrected chi connectivity index (χ4v) is 2.46. The first-order chi connectivity index (χ1) is 9.60. The average molecular weight is 279 g/mol. The summed E-state index contributed by atoms with van der Waals surface area (Å²) in [6.45, 7) is 7.49. The maximum atomic E-state index is 9.48. The van der Waals surface area contributed by atoms with Crippen LogP contribution in [0.1, 0.15) is 31.7 Å². The SMILES string of the molecule is COc1cc(C(C)C)ccc1OCCN1CCC(O)C1. The lowest BCUT2D eigenvalue weighted by Crippen LogP contribution is -2.27. The average Bonchev–Trinajstić information content (AvgIpc) is 2.84. The fourth-order valence-electron chi connectivity index (χ4n) is 2.46. The Hall–Kier alpha value is -1.26. The molecule has 1 heterocycles. The molecule has 0 spiro atoms. The lowest BCUT2D eigenvalue weighted by molar-refractivity contribution is 0.166. The minimum Gasteiger partial charge on any atom is -0.493 e. The van der Waals surface area contributed by atoms with E-state index in [0.29, 0.717) is 12.5 Å². The molecule has 0 radical (unpaired) electrons. The van der Waals surface area contributed by atoms with E-state index in [4.69, 9.17) is 9.47 Å². The third kappa shape index (κ3) is 3.87. The Morgan fingerprint density at radius 3 is 2.75 bits per heavy atom. The molecular formula is C16H25NO3. The zero-order valence-electron chi connectivity index (χ0n) is 12.6. The molecule has 2 rings (SSSR count). The molecule has 4 heteroatoms. The quantitative estimate of drug-likeness (QED) is 0.867. The molecule has 1 aliphatic heterocycles. The highest BCUT2D eigenvalue weighted by Gasteiger charge is 2.19.